The van der Waals surface area contributed by atoms with Crippen LogP contribution in [0, 0.1) is 0 Å². The third-order valence-corrected chi connectivity index (χ3v) is 3.21. The van der Waals surface area contributed by atoms with Crippen LogP contribution in [0.4, 0.5) is 0 Å². The summed E-state index contributed by atoms with van der Waals surface area (Å²) >= 11 is 0. The average Bonchev–Trinajstić information content (AvgIpc) is 2.48. The van der Waals surface area contributed by atoms with Gasteiger partial charge in [-0.15, -0.1) is 0 Å². The highest BCUT2D eigenvalue weighted by Gasteiger charge is 2.31. The molecule has 0 bridgehead atoms. The van der Waals surface area contributed by atoms with Crippen molar-refractivity contribution in [1.82, 2.24) is 0 Å². The van der Waals surface area contributed by atoms with E-state index in [4.69, 9.17) is 10.2 Å². The Hall–Kier alpha value is -1.91. The van der Waals surface area contributed by atoms with Crippen LogP contribution < -0.4 is 0 Å². The van der Waals surface area contributed by atoms with Gasteiger partial charge in [0.15, 0.2) is 11.5 Å². The summed E-state index contributed by atoms with van der Waals surface area (Å²) in [6.07, 6.45) is -7.56. The Bertz CT molecular complexity index is 530. The second kappa shape index (κ2) is 7.38. The van der Waals surface area contributed by atoms with Crippen LogP contribution in [0.15, 0.2) is 12.1 Å². The lowest BCUT2D eigenvalue weighted by Crippen LogP contribution is -2.46. The van der Waals surface area contributed by atoms with Crippen LogP contribution in [-0.4, -0.2) is 77.8 Å². The Morgan fingerprint density at radius 2 is 1.55 bits per heavy atom. The van der Waals surface area contributed by atoms with Gasteiger partial charge in [0, 0.05) is 6.42 Å². The predicted octanol–water partition coefficient (Wildman–Crippen LogP) is -2.23. The molecule has 4 atom stereocenters. The first-order valence-corrected chi connectivity index (χ1v) is 6.30. The molecule has 0 amide bonds. The zero-order chi connectivity index (χ0) is 17.0. The molecule has 0 fully saturated rings. The van der Waals surface area contributed by atoms with E-state index in [2.05, 4.69) is 0 Å². The highest BCUT2D eigenvalue weighted by molar-refractivity contribution is 5.93. The van der Waals surface area contributed by atoms with E-state index in [0.29, 0.717) is 0 Å². The fourth-order valence-corrected chi connectivity index (χ4v) is 1.94. The van der Waals surface area contributed by atoms with Crippen LogP contribution >= 0.6 is 0 Å². The monoisotopic (exact) mass is 318 g/mol. The summed E-state index contributed by atoms with van der Waals surface area (Å²) in [5, 5.41) is 74.7. The summed E-state index contributed by atoms with van der Waals surface area (Å²) in [7, 11) is 0. The normalized spacial score (nSPS) is 16.8. The first kappa shape index (κ1) is 18.1. The lowest BCUT2D eigenvalue weighted by Gasteiger charge is -2.26. The van der Waals surface area contributed by atoms with Gasteiger partial charge in [-0.25, -0.2) is 4.79 Å². The van der Waals surface area contributed by atoms with Crippen molar-refractivity contribution in [3.63, 3.8) is 0 Å². The summed E-state index contributed by atoms with van der Waals surface area (Å²) < 4.78 is 0. The van der Waals surface area contributed by atoms with Crippen LogP contribution in [0.2, 0.25) is 0 Å². The zero-order valence-electron chi connectivity index (χ0n) is 11.4. The van der Waals surface area contributed by atoms with Crippen LogP contribution in [0.25, 0.3) is 0 Å². The molecule has 0 saturated heterocycles. The molecule has 0 aliphatic rings. The van der Waals surface area contributed by atoms with Crippen molar-refractivity contribution in [1.29, 1.82) is 0 Å². The number of hydrogen-bond donors (Lipinski definition) is 8. The molecule has 0 spiro atoms. The third kappa shape index (κ3) is 3.84. The number of aromatic carboxylic acids is 1. The van der Waals surface area contributed by atoms with Crippen molar-refractivity contribution in [2.45, 2.75) is 30.8 Å². The smallest absolute Gasteiger partial charge is 0.339 e. The topological polar surface area (TPSA) is 179 Å². The van der Waals surface area contributed by atoms with Gasteiger partial charge in [0.1, 0.15) is 23.9 Å². The van der Waals surface area contributed by atoms with Gasteiger partial charge < -0.3 is 40.9 Å². The SMILES string of the molecule is O=C(O)c1c(CC(O)C(O)C(O)C(O)CO)ccc(O)c1O. The summed E-state index contributed by atoms with van der Waals surface area (Å²) in [6, 6.07) is 2.14. The number of carbonyl (C=O) groups is 1. The van der Waals surface area contributed by atoms with Gasteiger partial charge in [-0.2, -0.15) is 0 Å². The van der Waals surface area contributed by atoms with E-state index in [0.717, 1.165) is 12.1 Å². The highest BCUT2D eigenvalue weighted by atomic mass is 16.4. The van der Waals surface area contributed by atoms with Crippen LogP contribution in [-0.2, 0) is 6.42 Å². The Labute approximate surface area is 125 Å². The molecule has 0 saturated carbocycles. The highest BCUT2D eigenvalue weighted by Crippen LogP contribution is 2.32. The van der Waals surface area contributed by atoms with Gasteiger partial charge in [-0.3, -0.25) is 0 Å². The van der Waals surface area contributed by atoms with E-state index >= 15 is 0 Å². The molecule has 0 heterocycles. The maximum absolute atomic E-state index is 11.1. The first-order valence-electron chi connectivity index (χ1n) is 6.30. The van der Waals surface area contributed by atoms with E-state index in [-0.39, 0.29) is 5.56 Å². The maximum Gasteiger partial charge on any atom is 0.339 e. The standard InChI is InChI=1S/C13H18O9/c14-4-8(17)12(20)11(19)7(16)3-5-1-2-6(15)10(18)9(5)13(21)22/h1-2,7-8,11-12,14-20H,3-4H2,(H,21,22). The molecule has 1 aromatic carbocycles. The molecule has 9 nitrogen and oxygen atoms in total. The fraction of sp³-hybridized carbons (Fsp3) is 0.462. The molecule has 22 heavy (non-hydrogen) atoms. The number of phenolic OH excluding ortho intramolecular Hbond substituents is 1. The maximum atomic E-state index is 11.1. The molecule has 4 unspecified atom stereocenters. The summed E-state index contributed by atoms with van der Waals surface area (Å²) in [6.45, 7) is -0.842. The van der Waals surface area contributed by atoms with Gasteiger partial charge in [-0.05, 0) is 11.6 Å². The molecule has 0 aliphatic heterocycles. The molecule has 8 N–H and O–H groups in total. The minimum atomic E-state index is -1.86. The Morgan fingerprint density at radius 3 is 2.05 bits per heavy atom. The lowest BCUT2D eigenvalue weighted by atomic mass is 9.94. The second-order valence-corrected chi connectivity index (χ2v) is 4.78. The Balaban J connectivity index is 3.00. The van der Waals surface area contributed by atoms with Gasteiger partial charge in [0.25, 0.3) is 0 Å². The number of benzene rings is 1. The lowest BCUT2D eigenvalue weighted by molar-refractivity contribution is -0.114. The van der Waals surface area contributed by atoms with Gasteiger partial charge in [0.05, 0.1) is 12.7 Å². The second-order valence-electron chi connectivity index (χ2n) is 4.78. The van der Waals surface area contributed by atoms with Crippen molar-refractivity contribution in [2.24, 2.45) is 0 Å². The Kier molecular flexibility index (Phi) is 6.09. The molecule has 0 aliphatic carbocycles. The van der Waals surface area contributed by atoms with Crippen molar-refractivity contribution in [3.8, 4) is 11.5 Å². The predicted molar refractivity (Wildman–Crippen MR) is 71.5 cm³/mol. The number of aliphatic hydroxyl groups is 5. The quantitative estimate of drug-likeness (QED) is 0.258. The minimum Gasteiger partial charge on any atom is -0.504 e. The van der Waals surface area contributed by atoms with Crippen molar-refractivity contribution in [2.75, 3.05) is 6.61 Å². The van der Waals surface area contributed by atoms with Gasteiger partial charge in [-0.1, -0.05) is 6.07 Å². The third-order valence-electron chi connectivity index (χ3n) is 3.21. The van der Waals surface area contributed by atoms with E-state index in [1.54, 1.807) is 0 Å². The number of carboxylic acids is 1. The molecule has 0 aromatic heterocycles. The summed E-state index contributed by atoms with van der Waals surface area (Å²) in [5.41, 5.74) is -0.747. The molecule has 9 heteroatoms. The van der Waals surface area contributed by atoms with Crippen molar-refractivity contribution >= 4 is 5.97 Å². The minimum absolute atomic E-state index is 0.0972. The molecule has 1 rings (SSSR count). The first-order chi connectivity index (χ1) is 10.2. The fourth-order valence-electron chi connectivity index (χ4n) is 1.94. The largest absolute Gasteiger partial charge is 0.504 e. The van der Waals surface area contributed by atoms with Crippen LogP contribution in [0.1, 0.15) is 15.9 Å². The van der Waals surface area contributed by atoms with Crippen molar-refractivity contribution in [3.05, 3.63) is 23.3 Å². The van der Waals surface area contributed by atoms with Gasteiger partial charge >= 0.3 is 5.97 Å². The van der Waals surface area contributed by atoms with E-state index in [1.807, 2.05) is 0 Å². The van der Waals surface area contributed by atoms with Crippen LogP contribution in [0.5, 0.6) is 11.5 Å². The molecular weight excluding hydrogens is 300 g/mol. The number of rotatable bonds is 7. The average molecular weight is 318 g/mol. The molecule has 0 radical (unpaired) electrons. The van der Waals surface area contributed by atoms with Crippen LogP contribution in [0.3, 0.4) is 0 Å². The van der Waals surface area contributed by atoms with Gasteiger partial charge in [0.2, 0.25) is 0 Å². The summed E-state index contributed by atoms with van der Waals surface area (Å²) in [5.74, 6) is -3.10. The number of hydrogen-bond acceptors (Lipinski definition) is 8. The van der Waals surface area contributed by atoms with E-state index in [9.17, 15) is 35.4 Å². The zero-order valence-corrected chi connectivity index (χ0v) is 11.4. The Morgan fingerprint density at radius 1 is 1.00 bits per heavy atom. The number of phenols is 2. The number of carboxylic acid groups (broad SMARTS) is 1. The molecule has 124 valence electrons. The van der Waals surface area contributed by atoms with E-state index in [1.165, 1.54) is 0 Å². The van der Waals surface area contributed by atoms with E-state index < -0.39 is 60.5 Å². The molecular formula is C13H18O9. The summed E-state index contributed by atoms with van der Waals surface area (Å²) in [4.78, 5) is 11.1. The molecule has 1 aromatic rings. The van der Waals surface area contributed by atoms with Crippen molar-refractivity contribution < 1.29 is 45.6 Å². The number of aliphatic hydroxyl groups excluding tert-OH is 5. The number of aromatic hydroxyl groups is 2.